The summed E-state index contributed by atoms with van der Waals surface area (Å²) in [6.45, 7) is 3.89. The van der Waals surface area contributed by atoms with E-state index in [1.165, 1.54) is 0 Å². The Kier molecular flexibility index (Phi) is 4.53. The molecule has 3 aromatic carbocycles. The van der Waals surface area contributed by atoms with Crippen LogP contribution in [0.3, 0.4) is 0 Å². The van der Waals surface area contributed by atoms with Crippen LogP contribution in [-0.4, -0.2) is 11.7 Å². The highest BCUT2D eigenvalue weighted by Gasteiger charge is 2.23. The zero-order valence-corrected chi connectivity index (χ0v) is 15.7. The van der Waals surface area contributed by atoms with E-state index in [0.717, 1.165) is 11.1 Å². The molecule has 4 nitrogen and oxygen atoms in total. The lowest BCUT2D eigenvalue weighted by Crippen LogP contribution is -2.14. The molecule has 28 heavy (non-hydrogen) atoms. The number of benzene rings is 3. The molecule has 4 aromatic rings. The first-order valence-corrected chi connectivity index (χ1v) is 9.04. The largest absolute Gasteiger partial charge is 0.450 e. The van der Waals surface area contributed by atoms with Crippen LogP contribution in [-0.2, 0) is 0 Å². The average Bonchev–Trinajstić information content (AvgIpc) is 3.06. The summed E-state index contributed by atoms with van der Waals surface area (Å²) in [6.07, 6.45) is 0. The van der Waals surface area contributed by atoms with Crippen LogP contribution in [0, 0.1) is 13.8 Å². The molecule has 0 aliphatic heterocycles. The third kappa shape index (κ3) is 3.32. The van der Waals surface area contributed by atoms with Gasteiger partial charge in [-0.3, -0.25) is 9.59 Å². The number of amides is 1. The van der Waals surface area contributed by atoms with Gasteiger partial charge in [0.15, 0.2) is 5.76 Å². The molecule has 1 N–H and O–H groups in total. The Bertz CT molecular complexity index is 1190. The summed E-state index contributed by atoms with van der Waals surface area (Å²) >= 11 is 0. The number of anilines is 1. The van der Waals surface area contributed by atoms with Crippen LogP contribution in [0.15, 0.2) is 77.2 Å². The Hall–Kier alpha value is -3.66. The van der Waals surface area contributed by atoms with Crippen LogP contribution in [0.2, 0.25) is 0 Å². The molecular weight excluding hydrogens is 350 g/mol. The minimum Gasteiger partial charge on any atom is -0.450 e. The van der Waals surface area contributed by atoms with E-state index in [1.54, 1.807) is 30.3 Å². The molecule has 0 spiro atoms. The molecule has 1 amide bonds. The first kappa shape index (κ1) is 17.7. The van der Waals surface area contributed by atoms with Crippen molar-refractivity contribution >= 4 is 28.3 Å². The molecule has 0 aliphatic rings. The van der Waals surface area contributed by atoms with Gasteiger partial charge < -0.3 is 9.73 Å². The number of nitrogens with one attached hydrogen (secondary N) is 1. The van der Waals surface area contributed by atoms with Crippen LogP contribution in [0.5, 0.6) is 0 Å². The fourth-order valence-corrected chi connectivity index (χ4v) is 3.14. The average molecular weight is 369 g/mol. The van der Waals surface area contributed by atoms with E-state index in [-0.39, 0.29) is 17.5 Å². The topological polar surface area (TPSA) is 59.3 Å². The quantitative estimate of drug-likeness (QED) is 0.481. The molecule has 1 aromatic heterocycles. The van der Waals surface area contributed by atoms with Crippen molar-refractivity contribution < 1.29 is 14.0 Å². The zero-order chi connectivity index (χ0) is 19.7. The third-order valence-electron chi connectivity index (χ3n) is 4.63. The number of hydrogen-bond acceptors (Lipinski definition) is 3. The molecule has 0 bridgehead atoms. The molecule has 0 radical (unpaired) electrons. The van der Waals surface area contributed by atoms with Crippen molar-refractivity contribution in [2.75, 3.05) is 5.32 Å². The van der Waals surface area contributed by atoms with Crippen LogP contribution in [0.25, 0.3) is 11.0 Å². The lowest BCUT2D eigenvalue weighted by Gasteiger charge is -2.07. The molecule has 4 rings (SSSR count). The normalized spacial score (nSPS) is 10.8. The second kappa shape index (κ2) is 7.16. The maximum atomic E-state index is 13.1. The highest BCUT2D eigenvalue weighted by atomic mass is 16.3. The van der Waals surface area contributed by atoms with E-state index in [1.807, 2.05) is 56.3 Å². The number of furan rings is 1. The van der Waals surface area contributed by atoms with Gasteiger partial charge in [0.2, 0.25) is 5.78 Å². The molecule has 0 fully saturated rings. The Morgan fingerprint density at radius 2 is 1.54 bits per heavy atom. The summed E-state index contributed by atoms with van der Waals surface area (Å²) in [5, 5.41) is 3.58. The van der Waals surface area contributed by atoms with Crippen molar-refractivity contribution in [1.29, 1.82) is 0 Å². The van der Waals surface area contributed by atoms with E-state index >= 15 is 0 Å². The second-order valence-electron chi connectivity index (χ2n) is 6.82. The fourth-order valence-electron chi connectivity index (χ4n) is 3.14. The standard InChI is InChI=1S/C24H19NO3/c1-15-10-12-17(13-11-15)22(26)23-21(19-8-3-4-9-20(19)28-23)25-24(27)18-7-5-6-16(2)14-18/h3-14H,1-2H3,(H,25,27). The molecule has 0 atom stereocenters. The van der Waals surface area contributed by atoms with Crippen LogP contribution < -0.4 is 5.32 Å². The predicted molar refractivity (Wildman–Crippen MR) is 110 cm³/mol. The molecule has 4 heteroatoms. The lowest BCUT2D eigenvalue weighted by atomic mass is 10.1. The minimum atomic E-state index is -0.284. The fraction of sp³-hybridized carbons (Fsp3) is 0.0833. The number of aryl methyl sites for hydroxylation is 2. The summed E-state index contributed by atoms with van der Waals surface area (Å²) in [6, 6.07) is 21.9. The Balaban J connectivity index is 1.78. The van der Waals surface area contributed by atoms with Crippen molar-refractivity contribution in [3.63, 3.8) is 0 Å². The van der Waals surface area contributed by atoms with E-state index in [2.05, 4.69) is 5.32 Å². The van der Waals surface area contributed by atoms with Crippen LogP contribution in [0.1, 0.15) is 37.6 Å². The van der Waals surface area contributed by atoms with Gasteiger partial charge in [-0.1, -0.05) is 59.7 Å². The highest BCUT2D eigenvalue weighted by Crippen LogP contribution is 2.33. The van der Waals surface area contributed by atoms with Gasteiger partial charge in [-0.25, -0.2) is 0 Å². The molecule has 138 valence electrons. The molecule has 0 unspecified atom stereocenters. The second-order valence-corrected chi connectivity index (χ2v) is 6.82. The number of carbonyl (C=O) groups excluding carboxylic acids is 2. The number of hydrogen-bond donors (Lipinski definition) is 1. The van der Waals surface area contributed by atoms with Gasteiger partial charge in [-0.15, -0.1) is 0 Å². The minimum absolute atomic E-state index is 0.131. The van der Waals surface area contributed by atoms with E-state index < -0.39 is 0 Å². The number of ketones is 1. The molecule has 1 heterocycles. The SMILES string of the molecule is Cc1ccc(C(=O)c2oc3ccccc3c2NC(=O)c2cccc(C)c2)cc1. The first-order valence-electron chi connectivity index (χ1n) is 9.04. The maximum Gasteiger partial charge on any atom is 0.255 e. The molecule has 0 saturated carbocycles. The van der Waals surface area contributed by atoms with Crippen molar-refractivity contribution in [2.24, 2.45) is 0 Å². The van der Waals surface area contributed by atoms with Gasteiger partial charge in [0.05, 0.1) is 5.69 Å². The predicted octanol–water partition coefficient (Wildman–Crippen LogP) is 5.53. The first-order chi connectivity index (χ1) is 13.5. The van der Waals surface area contributed by atoms with Crippen molar-refractivity contribution in [3.05, 3.63) is 101 Å². The summed E-state index contributed by atoms with van der Waals surface area (Å²) in [5.41, 5.74) is 4.04. The molecule has 0 saturated heterocycles. The summed E-state index contributed by atoms with van der Waals surface area (Å²) in [4.78, 5) is 25.9. The van der Waals surface area contributed by atoms with E-state index in [9.17, 15) is 9.59 Å². The smallest absolute Gasteiger partial charge is 0.255 e. The van der Waals surface area contributed by atoms with E-state index in [0.29, 0.717) is 27.8 Å². The number of para-hydroxylation sites is 1. The van der Waals surface area contributed by atoms with Gasteiger partial charge in [0.1, 0.15) is 5.58 Å². The maximum absolute atomic E-state index is 13.1. The van der Waals surface area contributed by atoms with Crippen LogP contribution in [0.4, 0.5) is 5.69 Å². The van der Waals surface area contributed by atoms with Gasteiger partial charge >= 0.3 is 0 Å². The van der Waals surface area contributed by atoms with Gasteiger partial charge in [-0.05, 0) is 38.1 Å². The zero-order valence-electron chi connectivity index (χ0n) is 15.7. The molecule has 0 aliphatic carbocycles. The van der Waals surface area contributed by atoms with Gasteiger partial charge in [0, 0.05) is 16.5 Å². The number of carbonyl (C=O) groups is 2. The summed E-state index contributed by atoms with van der Waals surface area (Å²) in [5.74, 6) is -0.421. The van der Waals surface area contributed by atoms with Crippen molar-refractivity contribution in [1.82, 2.24) is 0 Å². The van der Waals surface area contributed by atoms with Crippen molar-refractivity contribution in [3.8, 4) is 0 Å². The monoisotopic (exact) mass is 369 g/mol. The number of fused-ring (bicyclic) bond motifs is 1. The summed E-state index contributed by atoms with van der Waals surface area (Å²) < 4.78 is 5.84. The van der Waals surface area contributed by atoms with E-state index in [4.69, 9.17) is 4.42 Å². The highest BCUT2D eigenvalue weighted by molar-refractivity contribution is 6.18. The van der Waals surface area contributed by atoms with Gasteiger partial charge in [-0.2, -0.15) is 0 Å². The Morgan fingerprint density at radius 3 is 2.29 bits per heavy atom. The van der Waals surface area contributed by atoms with Crippen molar-refractivity contribution in [2.45, 2.75) is 13.8 Å². The Morgan fingerprint density at radius 1 is 0.786 bits per heavy atom. The number of rotatable bonds is 4. The summed E-state index contributed by atoms with van der Waals surface area (Å²) in [7, 11) is 0. The van der Waals surface area contributed by atoms with Crippen LogP contribution >= 0.6 is 0 Å². The molecular formula is C24H19NO3. The third-order valence-corrected chi connectivity index (χ3v) is 4.63. The lowest BCUT2D eigenvalue weighted by molar-refractivity contribution is 0.101. The van der Waals surface area contributed by atoms with Gasteiger partial charge in [0.25, 0.3) is 5.91 Å². The Labute approximate surface area is 162 Å².